The molecule has 1 amide bonds. The Kier molecular flexibility index (Phi) is 6.14. The Hall–Kier alpha value is -2.98. The quantitative estimate of drug-likeness (QED) is 0.697. The van der Waals surface area contributed by atoms with Gasteiger partial charge in [0.2, 0.25) is 10.0 Å². The average molecular weight is 419 g/mol. The second-order valence-corrected chi connectivity index (χ2v) is 8.44. The Balaban J connectivity index is 1.73. The van der Waals surface area contributed by atoms with Gasteiger partial charge in [0.25, 0.3) is 5.91 Å². The van der Waals surface area contributed by atoms with Gasteiger partial charge in [-0.15, -0.1) is 0 Å². The van der Waals surface area contributed by atoms with E-state index in [1.54, 1.807) is 6.07 Å². The SMILES string of the molecule is COC(=O)c1ccc(S(=O)(=O)N2CCCC(Oc3ccnc(C(N)=O)c3)C2)cc1. The molecule has 2 aromatic rings. The Morgan fingerprint density at radius 1 is 1.21 bits per heavy atom. The molecule has 0 aliphatic carbocycles. The van der Waals surface area contributed by atoms with E-state index in [0.717, 1.165) is 0 Å². The maximum atomic E-state index is 13.0. The number of methoxy groups -OCH3 is 1. The second kappa shape index (κ2) is 8.58. The van der Waals surface area contributed by atoms with E-state index < -0.39 is 21.9 Å². The molecule has 1 aromatic carbocycles. The number of hydrogen-bond acceptors (Lipinski definition) is 7. The molecule has 0 radical (unpaired) electrons. The number of hydrogen-bond donors (Lipinski definition) is 1. The predicted octanol–water partition coefficient (Wildman–Crippen LogP) is 1.20. The number of aromatic nitrogens is 1. The van der Waals surface area contributed by atoms with Crippen molar-refractivity contribution >= 4 is 21.9 Å². The van der Waals surface area contributed by atoms with E-state index in [0.29, 0.717) is 25.1 Å². The van der Waals surface area contributed by atoms with Crippen LogP contribution in [0.3, 0.4) is 0 Å². The van der Waals surface area contributed by atoms with Crippen molar-refractivity contribution in [1.29, 1.82) is 0 Å². The minimum Gasteiger partial charge on any atom is -0.489 e. The van der Waals surface area contributed by atoms with E-state index in [1.165, 1.54) is 47.9 Å². The number of pyridine rings is 1. The summed E-state index contributed by atoms with van der Waals surface area (Å²) in [4.78, 5) is 26.7. The van der Waals surface area contributed by atoms with Crippen LogP contribution >= 0.6 is 0 Å². The van der Waals surface area contributed by atoms with Crippen LogP contribution in [0.1, 0.15) is 33.7 Å². The normalized spacial score (nSPS) is 17.5. The largest absolute Gasteiger partial charge is 0.489 e. The molecule has 9 nitrogen and oxygen atoms in total. The summed E-state index contributed by atoms with van der Waals surface area (Å²) in [5.41, 5.74) is 5.57. The molecule has 3 rings (SSSR count). The van der Waals surface area contributed by atoms with Crippen LogP contribution in [0.15, 0.2) is 47.5 Å². The Morgan fingerprint density at radius 2 is 1.93 bits per heavy atom. The number of amides is 1. The molecule has 2 heterocycles. The van der Waals surface area contributed by atoms with Gasteiger partial charge in [0.05, 0.1) is 24.1 Å². The number of rotatable bonds is 6. The molecule has 0 bridgehead atoms. The van der Waals surface area contributed by atoms with E-state index >= 15 is 0 Å². The van der Waals surface area contributed by atoms with Crippen molar-refractivity contribution in [2.45, 2.75) is 23.8 Å². The highest BCUT2D eigenvalue weighted by molar-refractivity contribution is 7.89. The number of carbonyl (C=O) groups excluding carboxylic acids is 2. The van der Waals surface area contributed by atoms with Crippen LogP contribution in [-0.2, 0) is 14.8 Å². The third-order valence-electron chi connectivity index (χ3n) is 4.54. The van der Waals surface area contributed by atoms with Gasteiger partial charge in [-0.2, -0.15) is 4.31 Å². The lowest BCUT2D eigenvalue weighted by atomic mass is 10.1. The molecule has 0 spiro atoms. The van der Waals surface area contributed by atoms with Gasteiger partial charge < -0.3 is 15.2 Å². The van der Waals surface area contributed by atoms with Crippen LogP contribution < -0.4 is 10.5 Å². The molecule has 1 atom stereocenters. The summed E-state index contributed by atoms with van der Waals surface area (Å²) in [5, 5.41) is 0. The summed E-state index contributed by atoms with van der Waals surface area (Å²) < 4.78 is 37.8. The van der Waals surface area contributed by atoms with Gasteiger partial charge in [-0.1, -0.05) is 0 Å². The number of esters is 1. The molecule has 1 fully saturated rings. The molecule has 2 N–H and O–H groups in total. The summed E-state index contributed by atoms with van der Waals surface area (Å²) in [6.07, 6.45) is 2.32. The van der Waals surface area contributed by atoms with Crippen LogP contribution in [0.2, 0.25) is 0 Å². The monoisotopic (exact) mass is 419 g/mol. The zero-order valence-electron chi connectivity index (χ0n) is 15.8. The van der Waals surface area contributed by atoms with Gasteiger partial charge in [0.1, 0.15) is 17.5 Å². The van der Waals surface area contributed by atoms with Gasteiger partial charge in [-0.3, -0.25) is 9.78 Å². The Labute approximate surface area is 168 Å². The van der Waals surface area contributed by atoms with Gasteiger partial charge >= 0.3 is 5.97 Å². The van der Waals surface area contributed by atoms with Crippen molar-refractivity contribution < 1.29 is 27.5 Å². The van der Waals surface area contributed by atoms with Gasteiger partial charge in [0, 0.05) is 18.8 Å². The summed E-state index contributed by atoms with van der Waals surface area (Å²) in [7, 11) is -2.48. The summed E-state index contributed by atoms with van der Waals surface area (Å²) in [5.74, 6) is -0.799. The van der Waals surface area contributed by atoms with E-state index in [1.807, 2.05) is 0 Å². The molecule has 154 valence electrons. The number of nitrogens with zero attached hydrogens (tertiary/aromatic N) is 2. The lowest BCUT2D eigenvalue weighted by Crippen LogP contribution is -2.44. The average Bonchev–Trinajstić information content (AvgIpc) is 2.73. The highest BCUT2D eigenvalue weighted by atomic mass is 32.2. The van der Waals surface area contributed by atoms with Crippen LogP contribution in [0.25, 0.3) is 0 Å². The zero-order chi connectivity index (χ0) is 21.0. The molecule has 10 heteroatoms. The van der Waals surface area contributed by atoms with Crippen molar-refractivity contribution in [3.63, 3.8) is 0 Å². The van der Waals surface area contributed by atoms with Crippen molar-refractivity contribution in [2.24, 2.45) is 5.73 Å². The number of primary amides is 1. The third-order valence-corrected chi connectivity index (χ3v) is 6.42. The van der Waals surface area contributed by atoms with Crippen LogP contribution in [-0.4, -0.2) is 55.9 Å². The maximum Gasteiger partial charge on any atom is 0.337 e. The van der Waals surface area contributed by atoms with Gasteiger partial charge in [-0.25, -0.2) is 13.2 Å². The minimum atomic E-state index is -3.74. The van der Waals surface area contributed by atoms with Gasteiger partial charge in [0.15, 0.2) is 0 Å². The van der Waals surface area contributed by atoms with E-state index in [-0.39, 0.29) is 28.8 Å². The first kappa shape index (κ1) is 20.7. The summed E-state index contributed by atoms with van der Waals surface area (Å²) in [6.45, 7) is 0.527. The number of ether oxygens (including phenoxy) is 2. The zero-order valence-corrected chi connectivity index (χ0v) is 16.6. The predicted molar refractivity (Wildman–Crippen MR) is 103 cm³/mol. The Morgan fingerprint density at radius 3 is 2.59 bits per heavy atom. The number of piperidine rings is 1. The highest BCUT2D eigenvalue weighted by Crippen LogP contribution is 2.24. The van der Waals surface area contributed by atoms with E-state index in [2.05, 4.69) is 9.72 Å². The van der Waals surface area contributed by atoms with Crippen molar-refractivity contribution in [3.8, 4) is 5.75 Å². The van der Waals surface area contributed by atoms with Crippen LogP contribution in [0, 0.1) is 0 Å². The molecule has 1 aromatic heterocycles. The minimum absolute atomic E-state index is 0.0773. The first-order valence-electron chi connectivity index (χ1n) is 8.92. The molecule has 29 heavy (non-hydrogen) atoms. The van der Waals surface area contributed by atoms with Crippen molar-refractivity contribution in [2.75, 3.05) is 20.2 Å². The number of benzene rings is 1. The van der Waals surface area contributed by atoms with Crippen molar-refractivity contribution in [3.05, 3.63) is 53.9 Å². The number of sulfonamides is 1. The molecular weight excluding hydrogens is 398 g/mol. The molecule has 1 unspecified atom stereocenters. The third kappa shape index (κ3) is 4.72. The van der Waals surface area contributed by atoms with E-state index in [9.17, 15) is 18.0 Å². The molecule has 1 aliphatic heterocycles. The lowest BCUT2D eigenvalue weighted by molar-refractivity contribution is 0.0600. The smallest absolute Gasteiger partial charge is 0.337 e. The fraction of sp³-hybridized carbons (Fsp3) is 0.316. The molecule has 1 saturated heterocycles. The summed E-state index contributed by atoms with van der Waals surface area (Å²) in [6, 6.07) is 8.62. The first-order valence-corrected chi connectivity index (χ1v) is 10.4. The van der Waals surface area contributed by atoms with Gasteiger partial charge in [-0.05, 0) is 43.2 Å². The summed E-state index contributed by atoms with van der Waals surface area (Å²) >= 11 is 0. The van der Waals surface area contributed by atoms with E-state index in [4.69, 9.17) is 10.5 Å². The Bertz CT molecular complexity index is 1010. The molecule has 1 aliphatic rings. The van der Waals surface area contributed by atoms with Crippen LogP contribution in [0.5, 0.6) is 5.75 Å². The fourth-order valence-corrected chi connectivity index (χ4v) is 4.57. The number of carbonyl (C=O) groups is 2. The fourth-order valence-electron chi connectivity index (χ4n) is 3.06. The second-order valence-electron chi connectivity index (χ2n) is 6.50. The lowest BCUT2D eigenvalue weighted by Gasteiger charge is -2.32. The number of nitrogens with two attached hydrogens (primary N) is 1. The van der Waals surface area contributed by atoms with Crippen LogP contribution in [0.4, 0.5) is 0 Å². The molecular formula is C19H21N3O6S. The first-order chi connectivity index (χ1) is 13.8. The standard InChI is InChI=1S/C19H21N3O6S/c1-27-19(24)13-4-6-16(7-5-13)29(25,26)22-10-2-3-15(12-22)28-14-8-9-21-17(11-14)18(20)23/h4-9,11,15H,2-3,10,12H2,1H3,(H2,20,23). The topological polar surface area (TPSA) is 129 Å². The molecule has 0 saturated carbocycles. The maximum absolute atomic E-state index is 13.0. The van der Waals surface area contributed by atoms with Crippen molar-refractivity contribution in [1.82, 2.24) is 9.29 Å². The highest BCUT2D eigenvalue weighted by Gasteiger charge is 2.31.